The van der Waals surface area contributed by atoms with Crippen molar-refractivity contribution in [3.05, 3.63) is 17.0 Å². The minimum Gasteiger partial charge on any atom is -0.472 e. The van der Waals surface area contributed by atoms with Crippen molar-refractivity contribution in [2.75, 3.05) is 0 Å². The Morgan fingerprint density at radius 3 is 2.93 bits per heavy atom. The number of nitrogens with two attached hydrogens (primary N) is 1. The van der Waals surface area contributed by atoms with Gasteiger partial charge in [-0.15, -0.1) is 0 Å². The minimum atomic E-state index is 0.0879. The van der Waals surface area contributed by atoms with Crippen LogP contribution in [0.25, 0.3) is 0 Å². The highest BCUT2D eigenvalue weighted by Gasteiger charge is 2.24. The summed E-state index contributed by atoms with van der Waals surface area (Å²) in [6.45, 7) is 0. The van der Waals surface area contributed by atoms with Crippen molar-refractivity contribution in [3.8, 4) is 5.88 Å². The van der Waals surface area contributed by atoms with Gasteiger partial charge in [-0.2, -0.15) is 0 Å². The van der Waals surface area contributed by atoms with Crippen molar-refractivity contribution >= 4 is 15.9 Å². The predicted molar refractivity (Wildman–Crippen MR) is 60.6 cm³/mol. The molecule has 2 rings (SSSR count). The van der Waals surface area contributed by atoms with Crippen molar-refractivity contribution < 1.29 is 4.74 Å². The van der Waals surface area contributed by atoms with Crippen LogP contribution in [0.2, 0.25) is 0 Å². The summed E-state index contributed by atoms with van der Waals surface area (Å²) >= 11 is 3.35. The summed E-state index contributed by atoms with van der Waals surface area (Å²) in [5.41, 5.74) is 5.99. The van der Waals surface area contributed by atoms with Gasteiger partial charge in [0.2, 0.25) is 5.88 Å². The molecule has 0 aliphatic heterocycles. The van der Waals surface area contributed by atoms with Crippen LogP contribution in [-0.4, -0.2) is 22.1 Å². The standard InChI is InChI=1S/C10H14BrN3O/c11-7-5-13-6-14-10(7)15-9-4-2-1-3-8(9)12/h5-6,8-9H,1-4,12H2. The van der Waals surface area contributed by atoms with Gasteiger partial charge in [-0.25, -0.2) is 9.97 Å². The van der Waals surface area contributed by atoms with Gasteiger partial charge >= 0.3 is 0 Å². The molecule has 82 valence electrons. The molecule has 2 N–H and O–H groups in total. The second-order valence-electron chi connectivity index (χ2n) is 3.78. The molecule has 15 heavy (non-hydrogen) atoms. The normalized spacial score (nSPS) is 26.3. The maximum atomic E-state index is 5.99. The monoisotopic (exact) mass is 271 g/mol. The Morgan fingerprint density at radius 2 is 2.20 bits per heavy atom. The van der Waals surface area contributed by atoms with Crippen molar-refractivity contribution in [2.24, 2.45) is 5.73 Å². The van der Waals surface area contributed by atoms with Gasteiger partial charge in [0, 0.05) is 12.2 Å². The zero-order valence-corrected chi connectivity index (χ0v) is 9.98. The first kappa shape index (κ1) is 10.8. The molecule has 0 spiro atoms. The van der Waals surface area contributed by atoms with Crippen LogP contribution in [0.1, 0.15) is 25.7 Å². The molecule has 1 saturated carbocycles. The molecule has 0 radical (unpaired) electrons. The second kappa shape index (κ2) is 4.90. The number of hydrogen-bond donors (Lipinski definition) is 1. The number of hydrogen-bond acceptors (Lipinski definition) is 4. The molecule has 2 unspecified atom stereocenters. The minimum absolute atomic E-state index is 0.0879. The lowest BCUT2D eigenvalue weighted by atomic mass is 9.93. The highest BCUT2D eigenvalue weighted by Crippen LogP contribution is 2.25. The van der Waals surface area contributed by atoms with Crippen LogP contribution >= 0.6 is 15.9 Å². The van der Waals surface area contributed by atoms with E-state index in [1.807, 2.05) is 0 Å². The van der Waals surface area contributed by atoms with Crippen LogP contribution in [0.3, 0.4) is 0 Å². The van der Waals surface area contributed by atoms with Gasteiger partial charge in [0.15, 0.2) is 0 Å². The molecule has 1 aliphatic carbocycles. The van der Waals surface area contributed by atoms with E-state index in [1.165, 1.54) is 19.2 Å². The molecule has 1 fully saturated rings. The molecular formula is C10H14BrN3O. The molecule has 1 aromatic heterocycles. The molecule has 2 atom stereocenters. The van der Waals surface area contributed by atoms with Crippen LogP contribution in [-0.2, 0) is 0 Å². The average molecular weight is 272 g/mol. The highest BCUT2D eigenvalue weighted by molar-refractivity contribution is 9.10. The average Bonchev–Trinajstić information content (AvgIpc) is 2.24. The fraction of sp³-hybridized carbons (Fsp3) is 0.600. The summed E-state index contributed by atoms with van der Waals surface area (Å²) < 4.78 is 6.56. The molecule has 0 bridgehead atoms. The quantitative estimate of drug-likeness (QED) is 0.893. The third-order valence-electron chi connectivity index (χ3n) is 2.65. The van der Waals surface area contributed by atoms with E-state index >= 15 is 0 Å². The summed E-state index contributed by atoms with van der Waals surface area (Å²) in [6, 6.07) is 0.126. The van der Waals surface area contributed by atoms with Crippen LogP contribution < -0.4 is 10.5 Å². The first-order chi connectivity index (χ1) is 7.27. The zero-order chi connectivity index (χ0) is 10.7. The maximum Gasteiger partial charge on any atom is 0.231 e. The number of halogens is 1. The topological polar surface area (TPSA) is 61.0 Å². The summed E-state index contributed by atoms with van der Waals surface area (Å²) in [5, 5.41) is 0. The smallest absolute Gasteiger partial charge is 0.231 e. The third kappa shape index (κ3) is 2.66. The van der Waals surface area contributed by atoms with E-state index < -0.39 is 0 Å². The predicted octanol–water partition coefficient (Wildman–Crippen LogP) is 1.89. The first-order valence-corrected chi connectivity index (χ1v) is 5.94. The Bertz CT molecular complexity index is 334. The van der Waals surface area contributed by atoms with Gasteiger partial charge in [0.1, 0.15) is 12.4 Å². The maximum absolute atomic E-state index is 5.99. The third-order valence-corrected chi connectivity index (χ3v) is 3.19. The Morgan fingerprint density at radius 1 is 1.40 bits per heavy atom. The van der Waals surface area contributed by atoms with Gasteiger partial charge in [-0.05, 0) is 35.2 Å². The van der Waals surface area contributed by atoms with Crippen molar-refractivity contribution in [2.45, 2.75) is 37.8 Å². The number of nitrogens with zero attached hydrogens (tertiary/aromatic N) is 2. The van der Waals surface area contributed by atoms with Crippen LogP contribution in [0.5, 0.6) is 5.88 Å². The summed E-state index contributed by atoms with van der Waals surface area (Å²) in [4.78, 5) is 7.96. The first-order valence-electron chi connectivity index (χ1n) is 5.15. The zero-order valence-electron chi connectivity index (χ0n) is 8.40. The fourth-order valence-electron chi connectivity index (χ4n) is 1.80. The van der Waals surface area contributed by atoms with Gasteiger partial charge < -0.3 is 10.5 Å². The van der Waals surface area contributed by atoms with Gasteiger partial charge in [-0.3, -0.25) is 0 Å². The summed E-state index contributed by atoms with van der Waals surface area (Å²) in [6.07, 6.45) is 7.67. The number of ether oxygens (including phenoxy) is 1. The Balaban J connectivity index is 2.04. The lowest BCUT2D eigenvalue weighted by molar-refractivity contribution is 0.125. The van der Waals surface area contributed by atoms with Crippen LogP contribution in [0, 0.1) is 0 Å². The van der Waals surface area contributed by atoms with E-state index in [0.29, 0.717) is 5.88 Å². The summed E-state index contributed by atoms with van der Waals surface area (Å²) in [7, 11) is 0. The van der Waals surface area contributed by atoms with Crippen LogP contribution in [0.4, 0.5) is 0 Å². The molecule has 0 saturated heterocycles. The highest BCUT2D eigenvalue weighted by atomic mass is 79.9. The van der Waals surface area contributed by atoms with E-state index in [1.54, 1.807) is 6.20 Å². The van der Waals surface area contributed by atoms with E-state index in [4.69, 9.17) is 10.5 Å². The lowest BCUT2D eigenvalue weighted by Gasteiger charge is -2.28. The SMILES string of the molecule is NC1CCCCC1Oc1ncncc1Br. The summed E-state index contributed by atoms with van der Waals surface area (Å²) in [5.74, 6) is 0.590. The molecule has 1 heterocycles. The van der Waals surface area contributed by atoms with E-state index in [9.17, 15) is 0 Å². The molecule has 5 heteroatoms. The molecular weight excluding hydrogens is 258 g/mol. The van der Waals surface area contributed by atoms with Gasteiger partial charge in [-0.1, -0.05) is 6.42 Å². The molecule has 1 aromatic rings. The van der Waals surface area contributed by atoms with Crippen molar-refractivity contribution in [3.63, 3.8) is 0 Å². The Labute approximate surface area is 97.4 Å². The van der Waals surface area contributed by atoms with Gasteiger partial charge in [0.05, 0.1) is 4.47 Å². The largest absolute Gasteiger partial charge is 0.472 e. The Hall–Kier alpha value is -0.680. The van der Waals surface area contributed by atoms with E-state index in [-0.39, 0.29) is 12.1 Å². The fourth-order valence-corrected chi connectivity index (χ4v) is 2.12. The molecule has 1 aliphatic rings. The number of rotatable bonds is 2. The second-order valence-corrected chi connectivity index (χ2v) is 4.63. The number of aromatic nitrogens is 2. The van der Waals surface area contributed by atoms with Crippen molar-refractivity contribution in [1.29, 1.82) is 0 Å². The molecule has 4 nitrogen and oxygen atoms in total. The Kier molecular flexibility index (Phi) is 3.53. The van der Waals surface area contributed by atoms with Crippen LogP contribution in [0.15, 0.2) is 17.0 Å². The lowest BCUT2D eigenvalue weighted by Crippen LogP contribution is -2.41. The molecule has 0 amide bonds. The van der Waals surface area contributed by atoms with Crippen molar-refractivity contribution in [1.82, 2.24) is 9.97 Å². The molecule has 0 aromatic carbocycles. The van der Waals surface area contributed by atoms with E-state index in [0.717, 1.165) is 17.3 Å². The van der Waals surface area contributed by atoms with E-state index in [2.05, 4.69) is 25.9 Å². The van der Waals surface area contributed by atoms with Gasteiger partial charge in [0.25, 0.3) is 0 Å².